The van der Waals surface area contributed by atoms with E-state index < -0.39 is 0 Å². The van der Waals surface area contributed by atoms with Crippen molar-refractivity contribution < 1.29 is 9.13 Å². The van der Waals surface area contributed by atoms with Crippen molar-refractivity contribution in [3.8, 4) is 5.75 Å². The summed E-state index contributed by atoms with van der Waals surface area (Å²) in [5.74, 6) is 0.314. The topological polar surface area (TPSA) is 33.3 Å². The van der Waals surface area contributed by atoms with Crippen LogP contribution in [0.1, 0.15) is 5.56 Å². The molecule has 0 amide bonds. The van der Waals surface area contributed by atoms with Crippen LogP contribution in [0.15, 0.2) is 36.4 Å². The largest absolute Gasteiger partial charge is 0.495 e. The fourth-order valence-corrected chi connectivity index (χ4v) is 2.28. The number of halogens is 2. The van der Waals surface area contributed by atoms with Gasteiger partial charge in [-0.15, -0.1) is 0 Å². The van der Waals surface area contributed by atoms with Crippen LogP contribution < -0.4 is 15.4 Å². The molecule has 0 unspecified atom stereocenters. The van der Waals surface area contributed by atoms with E-state index in [1.54, 1.807) is 38.3 Å². The average molecular weight is 325 g/mol. The second-order valence-corrected chi connectivity index (χ2v) is 5.20. The van der Waals surface area contributed by atoms with Crippen molar-refractivity contribution in [3.05, 3.63) is 52.8 Å². The zero-order chi connectivity index (χ0) is 15.4. The van der Waals surface area contributed by atoms with Crippen LogP contribution in [0.25, 0.3) is 0 Å². The Morgan fingerprint density at radius 2 is 1.95 bits per heavy atom. The van der Waals surface area contributed by atoms with E-state index in [0.29, 0.717) is 15.9 Å². The highest BCUT2D eigenvalue weighted by atomic mass is 35.5. The van der Waals surface area contributed by atoms with Crippen LogP contribution in [0.2, 0.25) is 5.02 Å². The van der Waals surface area contributed by atoms with E-state index in [-0.39, 0.29) is 5.82 Å². The molecule has 0 aliphatic heterocycles. The molecular weight excluding hydrogens is 311 g/mol. The Bertz CT molecular complexity index is 679. The number of thiocarbonyl (C=S) groups is 1. The van der Waals surface area contributed by atoms with Gasteiger partial charge in [0.25, 0.3) is 0 Å². The Labute approximate surface area is 133 Å². The lowest BCUT2D eigenvalue weighted by atomic mass is 10.2. The normalized spacial score (nSPS) is 10.1. The molecule has 2 rings (SSSR count). The van der Waals surface area contributed by atoms with Crippen molar-refractivity contribution in [3.63, 3.8) is 0 Å². The Balaban J connectivity index is 2.06. The fraction of sp³-hybridized carbons (Fsp3) is 0.133. The quantitative estimate of drug-likeness (QED) is 0.808. The van der Waals surface area contributed by atoms with Gasteiger partial charge in [-0.1, -0.05) is 11.6 Å². The van der Waals surface area contributed by atoms with Crippen LogP contribution in [0.5, 0.6) is 5.75 Å². The van der Waals surface area contributed by atoms with Crippen molar-refractivity contribution in [2.75, 3.05) is 17.7 Å². The smallest absolute Gasteiger partial charge is 0.175 e. The second kappa shape index (κ2) is 6.74. The number of nitrogens with one attached hydrogen (secondary N) is 2. The lowest BCUT2D eigenvalue weighted by molar-refractivity contribution is 0.415. The summed E-state index contributed by atoms with van der Waals surface area (Å²) in [7, 11) is 1.55. The fourth-order valence-electron chi connectivity index (χ4n) is 1.80. The molecule has 0 fully saturated rings. The maximum absolute atomic E-state index is 13.0. The minimum Gasteiger partial charge on any atom is -0.495 e. The van der Waals surface area contributed by atoms with E-state index in [9.17, 15) is 4.39 Å². The average Bonchev–Trinajstić information content (AvgIpc) is 2.42. The number of benzene rings is 2. The Morgan fingerprint density at radius 1 is 1.19 bits per heavy atom. The zero-order valence-corrected chi connectivity index (χ0v) is 13.1. The standard InChI is InChI=1S/C15H14ClFN2OS/c1-9-7-10(17)3-5-13(9)19-15(21)18-11-4-6-14(20-2)12(16)8-11/h3-8H,1-2H3,(H2,18,19,21). The molecule has 0 atom stereocenters. The number of rotatable bonds is 3. The summed E-state index contributed by atoms with van der Waals surface area (Å²) in [4.78, 5) is 0. The number of hydrogen-bond acceptors (Lipinski definition) is 2. The predicted octanol–water partition coefficient (Wildman–Crippen LogP) is 4.61. The van der Waals surface area contributed by atoms with E-state index in [2.05, 4.69) is 10.6 Å². The molecule has 0 saturated carbocycles. The maximum atomic E-state index is 13.0. The third-order valence-electron chi connectivity index (χ3n) is 2.85. The Morgan fingerprint density at radius 3 is 2.57 bits per heavy atom. The van der Waals surface area contributed by atoms with Crippen molar-refractivity contribution >= 4 is 40.3 Å². The molecule has 0 radical (unpaired) electrons. The Hall–Kier alpha value is -1.85. The van der Waals surface area contributed by atoms with Gasteiger partial charge in [0, 0.05) is 11.4 Å². The van der Waals surface area contributed by atoms with Crippen molar-refractivity contribution in [1.82, 2.24) is 0 Å². The highest BCUT2D eigenvalue weighted by molar-refractivity contribution is 7.80. The van der Waals surface area contributed by atoms with Crippen LogP contribution >= 0.6 is 23.8 Å². The van der Waals surface area contributed by atoms with E-state index in [0.717, 1.165) is 16.9 Å². The van der Waals surface area contributed by atoms with Gasteiger partial charge in [-0.05, 0) is 61.1 Å². The number of ether oxygens (including phenoxy) is 1. The van der Waals surface area contributed by atoms with Crippen LogP contribution in [-0.2, 0) is 0 Å². The molecule has 2 aromatic carbocycles. The predicted molar refractivity (Wildman–Crippen MR) is 89.0 cm³/mol. The summed E-state index contributed by atoms with van der Waals surface area (Å²) in [6, 6.07) is 9.72. The summed E-state index contributed by atoms with van der Waals surface area (Å²) in [5, 5.41) is 6.91. The molecule has 0 heterocycles. The molecule has 0 spiro atoms. The lowest BCUT2D eigenvalue weighted by Gasteiger charge is -2.13. The summed E-state index contributed by atoms with van der Waals surface area (Å²) in [6.07, 6.45) is 0. The molecule has 2 N–H and O–H groups in total. The third-order valence-corrected chi connectivity index (χ3v) is 3.35. The van der Waals surface area contributed by atoms with Gasteiger partial charge in [-0.3, -0.25) is 0 Å². The number of aryl methyl sites for hydroxylation is 1. The van der Waals surface area contributed by atoms with Crippen molar-refractivity contribution in [2.45, 2.75) is 6.92 Å². The van der Waals surface area contributed by atoms with Crippen LogP contribution in [0, 0.1) is 12.7 Å². The van der Waals surface area contributed by atoms with Crippen LogP contribution in [0.4, 0.5) is 15.8 Å². The van der Waals surface area contributed by atoms with Gasteiger partial charge >= 0.3 is 0 Å². The van der Waals surface area contributed by atoms with Gasteiger partial charge < -0.3 is 15.4 Å². The molecule has 6 heteroatoms. The number of hydrogen-bond donors (Lipinski definition) is 2. The summed E-state index contributed by atoms with van der Waals surface area (Å²) < 4.78 is 18.1. The highest BCUT2D eigenvalue weighted by Gasteiger charge is 2.05. The van der Waals surface area contributed by atoms with E-state index in [1.807, 2.05) is 0 Å². The minimum absolute atomic E-state index is 0.279. The molecule has 0 aromatic heterocycles. The van der Waals surface area contributed by atoms with E-state index in [1.165, 1.54) is 12.1 Å². The number of methoxy groups -OCH3 is 1. The first-order chi connectivity index (χ1) is 9.99. The highest BCUT2D eigenvalue weighted by Crippen LogP contribution is 2.27. The molecule has 2 aromatic rings. The van der Waals surface area contributed by atoms with Crippen LogP contribution in [0.3, 0.4) is 0 Å². The minimum atomic E-state index is -0.279. The van der Waals surface area contributed by atoms with Gasteiger partial charge in [0.15, 0.2) is 5.11 Å². The molecule has 0 bridgehead atoms. The monoisotopic (exact) mass is 324 g/mol. The van der Waals surface area contributed by atoms with Gasteiger partial charge in [-0.2, -0.15) is 0 Å². The molecule has 21 heavy (non-hydrogen) atoms. The molecule has 0 saturated heterocycles. The molecule has 0 aliphatic carbocycles. The first kappa shape index (κ1) is 15.5. The third kappa shape index (κ3) is 4.06. The summed E-state index contributed by atoms with van der Waals surface area (Å²) in [6.45, 7) is 1.80. The Kier molecular flexibility index (Phi) is 4.98. The SMILES string of the molecule is COc1ccc(NC(=S)Nc2ccc(F)cc2C)cc1Cl. The van der Waals surface area contributed by atoms with E-state index in [4.69, 9.17) is 28.6 Å². The second-order valence-electron chi connectivity index (χ2n) is 4.39. The van der Waals surface area contributed by atoms with Gasteiger partial charge in [0.05, 0.1) is 12.1 Å². The molecule has 3 nitrogen and oxygen atoms in total. The van der Waals surface area contributed by atoms with Crippen molar-refractivity contribution in [1.29, 1.82) is 0 Å². The van der Waals surface area contributed by atoms with Gasteiger partial charge in [-0.25, -0.2) is 4.39 Å². The van der Waals surface area contributed by atoms with E-state index >= 15 is 0 Å². The first-order valence-corrected chi connectivity index (χ1v) is 6.96. The van der Waals surface area contributed by atoms with Crippen LogP contribution in [-0.4, -0.2) is 12.2 Å². The summed E-state index contributed by atoms with van der Waals surface area (Å²) >= 11 is 11.3. The van der Waals surface area contributed by atoms with Gasteiger partial charge in [0.1, 0.15) is 11.6 Å². The maximum Gasteiger partial charge on any atom is 0.175 e. The van der Waals surface area contributed by atoms with Gasteiger partial charge in [0.2, 0.25) is 0 Å². The van der Waals surface area contributed by atoms with Crippen molar-refractivity contribution in [2.24, 2.45) is 0 Å². The molecule has 0 aliphatic rings. The zero-order valence-electron chi connectivity index (χ0n) is 11.5. The summed E-state index contributed by atoms with van der Waals surface area (Å²) in [5.41, 5.74) is 2.25. The molecular formula is C15H14ClFN2OS. The lowest BCUT2D eigenvalue weighted by Crippen LogP contribution is -2.19. The molecule has 110 valence electrons. The number of anilines is 2. The first-order valence-electron chi connectivity index (χ1n) is 6.17.